The fourth-order valence-electron chi connectivity index (χ4n) is 3.27. The third-order valence-corrected chi connectivity index (χ3v) is 6.88. The Morgan fingerprint density at radius 3 is 2.41 bits per heavy atom. The van der Waals surface area contributed by atoms with Crippen LogP contribution in [0.1, 0.15) is 31.7 Å². The second kappa shape index (κ2) is 8.10. The van der Waals surface area contributed by atoms with E-state index in [2.05, 4.69) is 10.6 Å². The van der Waals surface area contributed by atoms with Crippen LogP contribution >= 0.6 is 0 Å². The highest BCUT2D eigenvalue weighted by atomic mass is 32.2. The van der Waals surface area contributed by atoms with E-state index in [1.807, 2.05) is 38.1 Å². The number of nitrogens with zero attached hydrogens (tertiary/aromatic N) is 1. The monoisotopic (exact) mass is 387 g/mol. The first-order valence-corrected chi connectivity index (χ1v) is 10.6. The number of sulfonamides is 1. The number of aryl methyl sites for hydroxylation is 1. The minimum absolute atomic E-state index is 0.0152. The van der Waals surface area contributed by atoms with Gasteiger partial charge in [-0.05, 0) is 62.6 Å². The molecule has 2 amide bonds. The molecule has 0 radical (unpaired) electrons. The van der Waals surface area contributed by atoms with Crippen molar-refractivity contribution in [1.29, 1.82) is 0 Å². The quantitative estimate of drug-likeness (QED) is 0.825. The number of hydrogen-bond donors (Lipinski definition) is 2. The molecule has 0 saturated carbocycles. The van der Waals surface area contributed by atoms with E-state index in [-0.39, 0.29) is 17.0 Å². The van der Waals surface area contributed by atoms with Gasteiger partial charge in [0.15, 0.2) is 0 Å². The zero-order valence-corrected chi connectivity index (χ0v) is 16.4. The van der Waals surface area contributed by atoms with E-state index in [4.69, 9.17) is 0 Å². The third-order valence-electron chi connectivity index (χ3n) is 4.85. The molecule has 0 spiro atoms. The summed E-state index contributed by atoms with van der Waals surface area (Å²) < 4.78 is 27.2. The molecule has 1 atom stereocenters. The van der Waals surface area contributed by atoms with E-state index in [0.717, 1.165) is 30.5 Å². The molecule has 1 aliphatic heterocycles. The van der Waals surface area contributed by atoms with Gasteiger partial charge in [0.05, 0.1) is 4.90 Å². The summed E-state index contributed by atoms with van der Waals surface area (Å²) in [6, 6.07) is 13.4. The van der Waals surface area contributed by atoms with E-state index < -0.39 is 10.0 Å². The van der Waals surface area contributed by atoms with Crippen LogP contribution in [0, 0.1) is 6.92 Å². The number of amides is 2. The van der Waals surface area contributed by atoms with Crippen molar-refractivity contribution in [3.8, 4) is 0 Å². The van der Waals surface area contributed by atoms with Gasteiger partial charge in [-0.3, -0.25) is 0 Å². The largest absolute Gasteiger partial charge is 0.323 e. The molecule has 1 saturated heterocycles. The summed E-state index contributed by atoms with van der Waals surface area (Å²) in [6.07, 6.45) is 2.84. The van der Waals surface area contributed by atoms with Crippen LogP contribution in [0.15, 0.2) is 53.4 Å². The van der Waals surface area contributed by atoms with Crippen LogP contribution in [0.25, 0.3) is 0 Å². The third kappa shape index (κ3) is 4.48. The maximum atomic E-state index is 12.8. The lowest BCUT2D eigenvalue weighted by Gasteiger charge is -2.32. The normalized spacial score (nSPS) is 18.1. The average Bonchev–Trinajstić information content (AvgIpc) is 2.64. The first-order valence-electron chi connectivity index (χ1n) is 9.13. The molecule has 2 N–H and O–H groups in total. The lowest BCUT2D eigenvalue weighted by Crippen LogP contribution is -2.41. The molecule has 1 aliphatic rings. The molecule has 0 aromatic heterocycles. The Kier molecular flexibility index (Phi) is 5.82. The smallest absolute Gasteiger partial charge is 0.308 e. The van der Waals surface area contributed by atoms with Gasteiger partial charge < -0.3 is 10.6 Å². The van der Waals surface area contributed by atoms with Gasteiger partial charge in [0.25, 0.3) is 0 Å². The highest BCUT2D eigenvalue weighted by Crippen LogP contribution is 2.26. The van der Waals surface area contributed by atoms with Crippen molar-refractivity contribution in [2.45, 2.75) is 44.0 Å². The van der Waals surface area contributed by atoms with Crippen molar-refractivity contribution in [3.05, 3.63) is 54.1 Å². The number of anilines is 2. The minimum atomic E-state index is -3.51. The lowest BCUT2D eigenvalue weighted by atomic mass is 10.1. The Morgan fingerprint density at radius 1 is 1.04 bits per heavy atom. The molecule has 27 heavy (non-hydrogen) atoms. The Balaban J connectivity index is 1.68. The number of carbonyl (C=O) groups is 1. The number of nitrogens with one attached hydrogen (secondary N) is 2. The predicted molar refractivity (Wildman–Crippen MR) is 107 cm³/mol. The van der Waals surface area contributed by atoms with E-state index >= 15 is 0 Å². The molecular formula is C20H25N3O3S. The molecule has 2 aromatic carbocycles. The maximum Gasteiger partial charge on any atom is 0.323 e. The summed E-state index contributed by atoms with van der Waals surface area (Å²) in [4.78, 5) is 12.4. The van der Waals surface area contributed by atoms with Crippen LogP contribution < -0.4 is 10.6 Å². The number of hydrogen-bond acceptors (Lipinski definition) is 3. The van der Waals surface area contributed by atoms with Crippen LogP contribution in [-0.4, -0.2) is 31.3 Å². The van der Waals surface area contributed by atoms with E-state index in [9.17, 15) is 13.2 Å². The number of urea groups is 1. The molecule has 0 bridgehead atoms. The van der Waals surface area contributed by atoms with Gasteiger partial charge in [-0.25, -0.2) is 13.2 Å². The van der Waals surface area contributed by atoms with Crippen molar-refractivity contribution in [3.63, 3.8) is 0 Å². The number of para-hydroxylation sites is 1. The Hall–Kier alpha value is -2.38. The van der Waals surface area contributed by atoms with E-state index in [1.54, 1.807) is 28.6 Å². The summed E-state index contributed by atoms with van der Waals surface area (Å²) in [5, 5.41) is 5.51. The molecule has 0 aliphatic carbocycles. The van der Waals surface area contributed by atoms with Gasteiger partial charge in [0.1, 0.15) is 0 Å². The summed E-state index contributed by atoms with van der Waals surface area (Å²) in [6.45, 7) is 4.42. The average molecular weight is 388 g/mol. The summed E-state index contributed by atoms with van der Waals surface area (Å²) in [5.41, 5.74) is 2.23. The van der Waals surface area contributed by atoms with Gasteiger partial charge in [-0.2, -0.15) is 4.31 Å². The van der Waals surface area contributed by atoms with Gasteiger partial charge in [0.2, 0.25) is 10.0 Å². The lowest BCUT2D eigenvalue weighted by molar-refractivity contribution is 0.262. The number of benzene rings is 2. The summed E-state index contributed by atoms with van der Waals surface area (Å²) in [7, 11) is -3.51. The standard InChI is InChI=1S/C20H25N3O3S/c1-15-7-3-4-9-19(15)22-20(24)21-17-10-12-18(13-11-17)27(25,26)23-14-6-5-8-16(23)2/h3-4,7,9-13,16H,5-6,8,14H2,1-2H3,(H2,21,22,24)/t16-/m0/s1. The summed E-state index contributed by atoms with van der Waals surface area (Å²) in [5.74, 6) is 0. The molecule has 6 nitrogen and oxygen atoms in total. The van der Waals surface area contributed by atoms with Crippen LogP contribution in [0.3, 0.4) is 0 Å². The van der Waals surface area contributed by atoms with Crippen LogP contribution in [0.2, 0.25) is 0 Å². The van der Waals surface area contributed by atoms with Gasteiger partial charge in [0, 0.05) is 24.0 Å². The predicted octanol–water partition coefficient (Wildman–Crippen LogP) is 4.20. The van der Waals surface area contributed by atoms with Crippen LogP contribution in [0.4, 0.5) is 16.2 Å². The fourth-order valence-corrected chi connectivity index (χ4v) is 4.97. The minimum Gasteiger partial charge on any atom is -0.308 e. The van der Waals surface area contributed by atoms with E-state index in [1.165, 1.54) is 0 Å². The SMILES string of the molecule is Cc1ccccc1NC(=O)Nc1ccc(S(=O)(=O)N2CCCC[C@@H]2C)cc1. The first-order chi connectivity index (χ1) is 12.9. The first kappa shape index (κ1) is 19.4. The molecule has 3 rings (SSSR count). The summed E-state index contributed by atoms with van der Waals surface area (Å²) >= 11 is 0. The number of piperidine rings is 1. The van der Waals surface area contributed by atoms with Gasteiger partial charge in [-0.15, -0.1) is 0 Å². The van der Waals surface area contributed by atoms with E-state index in [0.29, 0.717) is 12.2 Å². The Morgan fingerprint density at radius 2 is 1.74 bits per heavy atom. The highest BCUT2D eigenvalue weighted by Gasteiger charge is 2.30. The zero-order valence-electron chi connectivity index (χ0n) is 15.6. The van der Waals surface area contributed by atoms with Gasteiger partial charge >= 0.3 is 6.03 Å². The van der Waals surface area contributed by atoms with Crippen molar-refractivity contribution in [2.75, 3.05) is 17.2 Å². The molecule has 1 fully saturated rings. The van der Waals surface area contributed by atoms with Crippen molar-refractivity contribution in [1.82, 2.24) is 4.31 Å². The number of carbonyl (C=O) groups excluding carboxylic acids is 1. The van der Waals surface area contributed by atoms with Crippen LogP contribution in [-0.2, 0) is 10.0 Å². The molecule has 2 aromatic rings. The Bertz CT molecular complexity index is 910. The molecular weight excluding hydrogens is 362 g/mol. The molecule has 144 valence electrons. The fraction of sp³-hybridized carbons (Fsp3) is 0.350. The second-order valence-corrected chi connectivity index (χ2v) is 8.77. The molecule has 7 heteroatoms. The molecule has 0 unspecified atom stereocenters. The maximum absolute atomic E-state index is 12.8. The molecule has 1 heterocycles. The highest BCUT2D eigenvalue weighted by molar-refractivity contribution is 7.89. The van der Waals surface area contributed by atoms with Gasteiger partial charge in [-0.1, -0.05) is 24.6 Å². The van der Waals surface area contributed by atoms with Crippen molar-refractivity contribution in [2.24, 2.45) is 0 Å². The second-order valence-electron chi connectivity index (χ2n) is 6.88. The van der Waals surface area contributed by atoms with Crippen LogP contribution in [0.5, 0.6) is 0 Å². The Labute approximate surface area is 160 Å². The number of rotatable bonds is 4. The van der Waals surface area contributed by atoms with Crippen molar-refractivity contribution >= 4 is 27.4 Å². The topological polar surface area (TPSA) is 78.5 Å². The van der Waals surface area contributed by atoms with Crippen molar-refractivity contribution < 1.29 is 13.2 Å². The zero-order chi connectivity index (χ0) is 19.4.